The molecule has 2 fully saturated rings. The van der Waals surface area contributed by atoms with Crippen molar-refractivity contribution in [2.24, 2.45) is 0 Å². The van der Waals surface area contributed by atoms with Crippen LogP contribution in [0.1, 0.15) is 18.4 Å². The number of imidazole rings is 1. The summed E-state index contributed by atoms with van der Waals surface area (Å²) < 4.78 is 13.5. The Morgan fingerprint density at radius 1 is 1.23 bits per heavy atom. The van der Waals surface area contributed by atoms with Gasteiger partial charge in [-0.25, -0.2) is 4.98 Å². The van der Waals surface area contributed by atoms with Gasteiger partial charge in [-0.1, -0.05) is 30.0 Å². The third kappa shape index (κ3) is 3.51. The minimum absolute atomic E-state index is 0.141. The molecule has 2 aliphatic rings. The summed E-state index contributed by atoms with van der Waals surface area (Å²) in [7, 11) is 0. The average Bonchev–Trinajstić information content (AvgIpc) is 3.31. The highest BCUT2D eigenvalue weighted by Crippen LogP contribution is 2.31. The number of para-hydroxylation sites is 1. The van der Waals surface area contributed by atoms with Crippen LogP contribution in [0, 0.1) is 6.92 Å². The first-order valence-electron chi connectivity index (χ1n) is 8.95. The molecule has 1 aromatic carbocycles. The maximum atomic E-state index is 12.6. The first-order chi connectivity index (χ1) is 12.7. The van der Waals surface area contributed by atoms with Crippen LogP contribution in [-0.4, -0.2) is 58.2 Å². The summed E-state index contributed by atoms with van der Waals surface area (Å²) in [6.45, 7) is 4.76. The quantitative estimate of drug-likeness (QED) is 0.771. The molecule has 0 bridgehead atoms. The summed E-state index contributed by atoms with van der Waals surface area (Å²) in [6, 6.07) is 8.17. The van der Waals surface area contributed by atoms with Crippen molar-refractivity contribution in [1.82, 2.24) is 14.5 Å². The van der Waals surface area contributed by atoms with Crippen molar-refractivity contribution in [1.29, 1.82) is 0 Å². The molecule has 26 heavy (non-hydrogen) atoms. The van der Waals surface area contributed by atoms with E-state index in [0.29, 0.717) is 32.1 Å². The number of aryl methyl sites for hydroxylation is 1. The summed E-state index contributed by atoms with van der Waals surface area (Å²) in [4.78, 5) is 18.9. The SMILES string of the molecule is Cc1ccccc1-n1ccnc1SCC(=O)N1CCC2(CC1)OCCO2. The summed E-state index contributed by atoms with van der Waals surface area (Å²) in [5.41, 5.74) is 2.27. The molecule has 138 valence electrons. The maximum Gasteiger partial charge on any atom is 0.233 e. The van der Waals surface area contributed by atoms with E-state index in [0.717, 1.165) is 23.7 Å². The van der Waals surface area contributed by atoms with E-state index in [1.54, 1.807) is 6.20 Å². The number of hydrogen-bond donors (Lipinski definition) is 0. The van der Waals surface area contributed by atoms with Gasteiger partial charge in [0, 0.05) is 38.3 Å². The van der Waals surface area contributed by atoms with Crippen LogP contribution in [0.5, 0.6) is 0 Å². The zero-order valence-corrected chi connectivity index (χ0v) is 15.7. The van der Waals surface area contributed by atoms with Gasteiger partial charge in [0.2, 0.25) is 5.91 Å². The number of nitrogens with zero attached hydrogens (tertiary/aromatic N) is 3. The molecule has 4 rings (SSSR count). The van der Waals surface area contributed by atoms with E-state index in [4.69, 9.17) is 9.47 Å². The van der Waals surface area contributed by atoms with E-state index in [1.807, 2.05) is 27.8 Å². The molecular weight excluding hydrogens is 350 g/mol. The van der Waals surface area contributed by atoms with E-state index in [9.17, 15) is 4.79 Å². The minimum Gasteiger partial charge on any atom is -0.347 e. The molecule has 1 amide bonds. The Bertz CT molecular complexity index is 776. The van der Waals surface area contributed by atoms with Gasteiger partial charge < -0.3 is 14.4 Å². The standard InChI is InChI=1S/C19H23N3O3S/c1-15-4-2-3-5-16(15)22-11-8-20-18(22)26-14-17(23)21-9-6-19(7-10-21)24-12-13-25-19/h2-5,8,11H,6-7,9-10,12-14H2,1H3. The van der Waals surface area contributed by atoms with Crippen LogP contribution in [0.2, 0.25) is 0 Å². The molecule has 6 nitrogen and oxygen atoms in total. The van der Waals surface area contributed by atoms with E-state index in [-0.39, 0.29) is 5.91 Å². The fraction of sp³-hybridized carbons (Fsp3) is 0.474. The van der Waals surface area contributed by atoms with Crippen molar-refractivity contribution in [2.45, 2.75) is 30.7 Å². The highest BCUT2D eigenvalue weighted by Gasteiger charge is 2.40. The number of carbonyl (C=O) groups excluding carboxylic acids is 1. The third-order valence-electron chi connectivity index (χ3n) is 5.00. The Kier molecular flexibility index (Phi) is 5.02. The van der Waals surface area contributed by atoms with Gasteiger partial charge >= 0.3 is 0 Å². The molecule has 0 aliphatic carbocycles. The molecular formula is C19H23N3O3S. The van der Waals surface area contributed by atoms with Gasteiger partial charge in [-0.15, -0.1) is 0 Å². The lowest BCUT2D eigenvalue weighted by Gasteiger charge is -2.37. The van der Waals surface area contributed by atoms with Gasteiger partial charge in [-0.3, -0.25) is 9.36 Å². The second-order valence-corrected chi connectivity index (χ2v) is 7.59. The molecule has 3 heterocycles. The number of hydrogen-bond acceptors (Lipinski definition) is 5. The summed E-state index contributed by atoms with van der Waals surface area (Å²) >= 11 is 1.48. The summed E-state index contributed by atoms with van der Waals surface area (Å²) in [5.74, 6) is 0.0880. The fourth-order valence-electron chi connectivity index (χ4n) is 3.51. The molecule has 2 aromatic rings. The monoisotopic (exact) mass is 373 g/mol. The van der Waals surface area contributed by atoms with Crippen LogP contribution in [0.25, 0.3) is 5.69 Å². The smallest absolute Gasteiger partial charge is 0.233 e. The number of rotatable bonds is 4. The number of ether oxygens (including phenoxy) is 2. The van der Waals surface area contributed by atoms with Gasteiger partial charge in [0.05, 0.1) is 24.7 Å². The topological polar surface area (TPSA) is 56.6 Å². The molecule has 7 heteroatoms. The highest BCUT2D eigenvalue weighted by molar-refractivity contribution is 7.99. The van der Waals surface area contributed by atoms with E-state index in [2.05, 4.69) is 24.0 Å². The average molecular weight is 373 g/mol. The number of benzene rings is 1. The van der Waals surface area contributed by atoms with Crippen LogP contribution < -0.4 is 0 Å². The Morgan fingerprint density at radius 3 is 2.69 bits per heavy atom. The second-order valence-electron chi connectivity index (χ2n) is 6.64. The molecule has 0 N–H and O–H groups in total. The van der Waals surface area contributed by atoms with Gasteiger partial charge in [0.1, 0.15) is 0 Å². The van der Waals surface area contributed by atoms with E-state index in [1.165, 1.54) is 17.3 Å². The van der Waals surface area contributed by atoms with Crippen molar-refractivity contribution in [3.63, 3.8) is 0 Å². The van der Waals surface area contributed by atoms with Crippen molar-refractivity contribution >= 4 is 17.7 Å². The molecule has 2 saturated heterocycles. The number of likely N-dealkylation sites (tertiary alicyclic amines) is 1. The van der Waals surface area contributed by atoms with Crippen molar-refractivity contribution < 1.29 is 14.3 Å². The molecule has 0 radical (unpaired) electrons. The molecule has 1 spiro atoms. The zero-order valence-electron chi connectivity index (χ0n) is 14.9. The molecule has 1 aromatic heterocycles. The zero-order chi connectivity index (χ0) is 18.0. The number of aromatic nitrogens is 2. The number of carbonyl (C=O) groups is 1. The van der Waals surface area contributed by atoms with Crippen molar-refractivity contribution in [3.05, 3.63) is 42.2 Å². The molecule has 0 saturated carbocycles. The highest BCUT2D eigenvalue weighted by atomic mass is 32.2. The van der Waals surface area contributed by atoms with Crippen LogP contribution >= 0.6 is 11.8 Å². The Morgan fingerprint density at radius 2 is 1.96 bits per heavy atom. The number of amides is 1. The second kappa shape index (κ2) is 7.42. The number of piperidine rings is 1. The van der Waals surface area contributed by atoms with Crippen molar-refractivity contribution in [2.75, 3.05) is 32.1 Å². The lowest BCUT2D eigenvalue weighted by atomic mass is 10.0. The Hall–Kier alpha value is -1.83. The molecule has 0 unspecified atom stereocenters. The summed E-state index contributed by atoms with van der Waals surface area (Å²) in [5, 5.41) is 0.837. The van der Waals surface area contributed by atoms with Gasteiger partial charge in [-0.2, -0.15) is 0 Å². The normalized spacial score (nSPS) is 19.2. The van der Waals surface area contributed by atoms with Gasteiger partial charge in [-0.05, 0) is 18.6 Å². The van der Waals surface area contributed by atoms with Crippen LogP contribution in [0.15, 0.2) is 41.8 Å². The summed E-state index contributed by atoms with van der Waals surface area (Å²) in [6.07, 6.45) is 5.22. The van der Waals surface area contributed by atoms with Crippen molar-refractivity contribution in [3.8, 4) is 5.69 Å². The van der Waals surface area contributed by atoms with Gasteiger partial charge in [0.25, 0.3) is 0 Å². The lowest BCUT2D eigenvalue weighted by Crippen LogP contribution is -2.47. The molecule has 0 atom stereocenters. The third-order valence-corrected chi connectivity index (χ3v) is 5.95. The first kappa shape index (κ1) is 17.6. The van der Waals surface area contributed by atoms with E-state index < -0.39 is 5.79 Å². The molecule has 2 aliphatic heterocycles. The van der Waals surface area contributed by atoms with Crippen LogP contribution in [0.4, 0.5) is 0 Å². The lowest BCUT2D eigenvalue weighted by molar-refractivity contribution is -0.186. The van der Waals surface area contributed by atoms with E-state index >= 15 is 0 Å². The van der Waals surface area contributed by atoms with Crippen LogP contribution in [-0.2, 0) is 14.3 Å². The predicted octanol–water partition coefficient (Wildman–Crippen LogP) is 2.64. The first-order valence-corrected chi connectivity index (χ1v) is 9.93. The number of thioether (sulfide) groups is 1. The fourth-order valence-corrected chi connectivity index (χ4v) is 4.38. The van der Waals surface area contributed by atoms with Gasteiger partial charge in [0.15, 0.2) is 10.9 Å². The minimum atomic E-state index is -0.439. The Labute approximate surface area is 157 Å². The Balaban J connectivity index is 1.36. The predicted molar refractivity (Wildman–Crippen MR) is 99.5 cm³/mol. The largest absolute Gasteiger partial charge is 0.347 e. The van der Waals surface area contributed by atoms with Crippen LogP contribution in [0.3, 0.4) is 0 Å². The maximum absolute atomic E-state index is 12.6.